The maximum Gasteiger partial charge on any atom is 0.316 e. The molecule has 0 aliphatic rings. The topological polar surface area (TPSA) is 69.2 Å². The standard InChI is InChI=1S/C10H15N2O3S/c1-8-7-9(2)12-10(11-8)15-5-4-6-16(3,13)14/h4-6H2,1-3H3. The number of sulfone groups is 1. The Balaban J connectivity index is 2.43. The summed E-state index contributed by atoms with van der Waals surface area (Å²) in [7, 11) is -2.92. The molecule has 1 aromatic rings. The summed E-state index contributed by atoms with van der Waals surface area (Å²) in [5.74, 6) is 0.115. The molecule has 16 heavy (non-hydrogen) atoms. The highest BCUT2D eigenvalue weighted by Gasteiger charge is 2.04. The van der Waals surface area contributed by atoms with Crippen molar-refractivity contribution >= 4 is 9.84 Å². The van der Waals surface area contributed by atoms with Gasteiger partial charge in [-0.1, -0.05) is 0 Å². The fraction of sp³-hybridized carbons (Fsp3) is 0.600. The molecule has 0 spiro atoms. The largest absolute Gasteiger partial charge is 0.463 e. The van der Waals surface area contributed by atoms with E-state index in [4.69, 9.17) is 4.74 Å². The maximum atomic E-state index is 10.9. The van der Waals surface area contributed by atoms with Crippen molar-refractivity contribution in [2.24, 2.45) is 0 Å². The first-order valence-corrected chi connectivity index (χ1v) is 6.98. The van der Waals surface area contributed by atoms with Crippen LogP contribution in [0.15, 0.2) is 0 Å². The molecule has 0 N–H and O–H groups in total. The average molecular weight is 243 g/mol. The summed E-state index contributed by atoms with van der Waals surface area (Å²) in [6.45, 7) is 3.91. The fourth-order valence-electron chi connectivity index (χ4n) is 1.18. The Hall–Kier alpha value is -1.17. The van der Waals surface area contributed by atoms with Crippen molar-refractivity contribution < 1.29 is 13.2 Å². The molecule has 0 atom stereocenters. The van der Waals surface area contributed by atoms with Crippen LogP contribution in [0.25, 0.3) is 0 Å². The smallest absolute Gasteiger partial charge is 0.316 e. The summed E-state index contributed by atoms with van der Waals surface area (Å²) in [5.41, 5.74) is 1.43. The third-order valence-corrected chi connectivity index (χ3v) is 2.81. The van der Waals surface area contributed by atoms with E-state index in [2.05, 4.69) is 16.0 Å². The second kappa shape index (κ2) is 5.25. The molecule has 5 nitrogen and oxygen atoms in total. The van der Waals surface area contributed by atoms with Gasteiger partial charge in [-0.3, -0.25) is 0 Å². The van der Waals surface area contributed by atoms with Crippen LogP contribution in [-0.4, -0.2) is 37.0 Å². The highest BCUT2D eigenvalue weighted by Crippen LogP contribution is 2.05. The first-order valence-electron chi connectivity index (χ1n) is 4.92. The Bertz CT molecular complexity index is 437. The second-order valence-electron chi connectivity index (χ2n) is 3.63. The Morgan fingerprint density at radius 2 is 1.81 bits per heavy atom. The van der Waals surface area contributed by atoms with Gasteiger partial charge in [0.2, 0.25) is 0 Å². The van der Waals surface area contributed by atoms with E-state index in [9.17, 15) is 8.42 Å². The van der Waals surface area contributed by atoms with Crippen molar-refractivity contribution in [2.75, 3.05) is 18.6 Å². The lowest BCUT2D eigenvalue weighted by molar-refractivity contribution is 0.291. The molecule has 89 valence electrons. The highest BCUT2D eigenvalue weighted by atomic mass is 32.2. The SMILES string of the molecule is Cc1[c]c(C)nc(OCCCS(C)(=O)=O)n1. The first kappa shape index (κ1) is 12.9. The van der Waals surface area contributed by atoms with Crippen molar-refractivity contribution in [1.82, 2.24) is 9.97 Å². The van der Waals surface area contributed by atoms with Gasteiger partial charge in [-0.2, -0.15) is 9.97 Å². The number of hydrogen-bond donors (Lipinski definition) is 0. The molecule has 1 heterocycles. The lowest BCUT2D eigenvalue weighted by Crippen LogP contribution is -2.09. The molecule has 0 fully saturated rings. The van der Waals surface area contributed by atoms with E-state index in [-0.39, 0.29) is 11.8 Å². The number of hydrogen-bond acceptors (Lipinski definition) is 5. The molecule has 1 aromatic heterocycles. The molecule has 0 bridgehead atoms. The van der Waals surface area contributed by atoms with Crippen LogP contribution in [0.1, 0.15) is 17.8 Å². The molecule has 6 heteroatoms. The Morgan fingerprint density at radius 3 is 2.31 bits per heavy atom. The van der Waals surface area contributed by atoms with Crippen molar-refractivity contribution in [3.05, 3.63) is 17.5 Å². The number of ether oxygens (including phenoxy) is 1. The van der Waals surface area contributed by atoms with Gasteiger partial charge >= 0.3 is 6.01 Å². The van der Waals surface area contributed by atoms with Crippen LogP contribution in [-0.2, 0) is 9.84 Å². The van der Waals surface area contributed by atoms with E-state index in [0.717, 1.165) is 0 Å². The molecule has 0 aromatic carbocycles. The van der Waals surface area contributed by atoms with Crippen LogP contribution in [0.5, 0.6) is 6.01 Å². The summed E-state index contributed by atoms with van der Waals surface area (Å²) >= 11 is 0. The number of aryl methyl sites for hydroxylation is 2. The number of aromatic nitrogens is 2. The van der Waals surface area contributed by atoms with Gasteiger partial charge in [0.1, 0.15) is 9.84 Å². The average Bonchev–Trinajstić information content (AvgIpc) is 2.09. The van der Waals surface area contributed by atoms with Gasteiger partial charge in [-0.15, -0.1) is 0 Å². The van der Waals surface area contributed by atoms with Crippen molar-refractivity contribution in [3.8, 4) is 6.01 Å². The zero-order chi connectivity index (χ0) is 12.2. The van der Waals surface area contributed by atoms with Crippen LogP contribution in [0, 0.1) is 19.9 Å². The van der Waals surface area contributed by atoms with Gasteiger partial charge in [0.15, 0.2) is 0 Å². The molecule has 0 unspecified atom stereocenters. The van der Waals surface area contributed by atoms with Gasteiger partial charge < -0.3 is 4.74 Å². The normalized spacial score (nSPS) is 11.4. The molecule has 0 saturated heterocycles. The number of rotatable bonds is 5. The van der Waals surface area contributed by atoms with Gasteiger partial charge in [0.05, 0.1) is 23.7 Å². The summed E-state index contributed by atoms with van der Waals surface area (Å²) in [5, 5.41) is 0. The monoisotopic (exact) mass is 243 g/mol. The minimum Gasteiger partial charge on any atom is -0.463 e. The van der Waals surface area contributed by atoms with Crippen molar-refractivity contribution in [2.45, 2.75) is 20.3 Å². The Kier molecular flexibility index (Phi) is 4.23. The van der Waals surface area contributed by atoms with Gasteiger partial charge in [0.25, 0.3) is 0 Å². The van der Waals surface area contributed by atoms with E-state index in [1.54, 1.807) is 13.8 Å². The highest BCUT2D eigenvalue weighted by molar-refractivity contribution is 7.90. The third kappa shape index (κ3) is 5.06. The maximum absolute atomic E-state index is 10.9. The van der Waals surface area contributed by atoms with Gasteiger partial charge in [-0.05, 0) is 20.3 Å². The van der Waals surface area contributed by atoms with Crippen molar-refractivity contribution in [3.63, 3.8) is 0 Å². The summed E-state index contributed by atoms with van der Waals surface area (Å²) in [4.78, 5) is 8.06. The van der Waals surface area contributed by atoms with Gasteiger partial charge in [-0.25, -0.2) is 8.42 Å². The Labute approximate surface area is 95.8 Å². The summed E-state index contributed by atoms with van der Waals surface area (Å²) in [6.07, 6.45) is 1.65. The Morgan fingerprint density at radius 1 is 1.25 bits per heavy atom. The van der Waals surface area contributed by atoms with E-state index in [1.165, 1.54) is 6.26 Å². The quantitative estimate of drug-likeness (QED) is 0.712. The van der Waals surface area contributed by atoms with Crippen LogP contribution >= 0.6 is 0 Å². The molecule has 0 amide bonds. The van der Waals surface area contributed by atoms with Gasteiger partial charge in [0, 0.05) is 12.3 Å². The lowest BCUT2D eigenvalue weighted by atomic mass is 10.4. The molecular weight excluding hydrogens is 228 g/mol. The predicted molar refractivity (Wildman–Crippen MR) is 60.2 cm³/mol. The third-order valence-electron chi connectivity index (χ3n) is 1.78. The molecule has 0 aliphatic heterocycles. The van der Waals surface area contributed by atoms with Crippen LogP contribution < -0.4 is 4.74 Å². The lowest BCUT2D eigenvalue weighted by Gasteiger charge is -2.04. The molecule has 0 saturated carbocycles. The molecule has 0 aliphatic carbocycles. The molecular formula is C10H15N2O3S. The number of nitrogens with zero attached hydrogens (tertiary/aromatic N) is 2. The molecule has 1 radical (unpaired) electrons. The minimum absolute atomic E-state index is 0.115. The van der Waals surface area contributed by atoms with Crippen LogP contribution in [0.3, 0.4) is 0 Å². The van der Waals surface area contributed by atoms with E-state index in [1.807, 2.05) is 0 Å². The van der Waals surface area contributed by atoms with Crippen LogP contribution in [0.2, 0.25) is 0 Å². The zero-order valence-corrected chi connectivity index (χ0v) is 10.5. The van der Waals surface area contributed by atoms with E-state index >= 15 is 0 Å². The van der Waals surface area contributed by atoms with Crippen molar-refractivity contribution in [1.29, 1.82) is 0 Å². The summed E-state index contributed by atoms with van der Waals surface area (Å²) in [6, 6.07) is 3.21. The zero-order valence-electron chi connectivity index (χ0n) is 9.65. The summed E-state index contributed by atoms with van der Waals surface area (Å²) < 4.78 is 27.0. The van der Waals surface area contributed by atoms with E-state index < -0.39 is 9.84 Å². The molecule has 1 rings (SSSR count). The fourth-order valence-corrected chi connectivity index (χ4v) is 1.82. The second-order valence-corrected chi connectivity index (χ2v) is 5.89. The predicted octanol–water partition coefficient (Wildman–Crippen LogP) is 0.707. The minimum atomic E-state index is -2.92. The first-order chi connectivity index (χ1) is 7.37. The van der Waals surface area contributed by atoms with Crippen LogP contribution in [0.4, 0.5) is 0 Å². The van der Waals surface area contributed by atoms with E-state index in [0.29, 0.717) is 24.4 Å².